The van der Waals surface area contributed by atoms with Gasteiger partial charge in [0.15, 0.2) is 5.76 Å². The van der Waals surface area contributed by atoms with Crippen molar-refractivity contribution in [1.29, 1.82) is 5.26 Å². The number of furan rings is 1. The molecule has 0 N–H and O–H groups in total. The number of pyridine rings is 1. The van der Waals surface area contributed by atoms with Crippen LogP contribution in [0.15, 0.2) is 40.9 Å². The van der Waals surface area contributed by atoms with Gasteiger partial charge >= 0.3 is 5.88 Å². The van der Waals surface area contributed by atoms with Gasteiger partial charge in [-0.2, -0.15) is 5.26 Å². The normalized spacial score (nSPS) is 10.5. The second-order valence-corrected chi connectivity index (χ2v) is 4.64. The fourth-order valence-electron chi connectivity index (χ4n) is 2.42. The van der Waals surface area contributed by atoms with Gasteiger partial charge in [0, 0.05) is 6.20 Å². The standard InChI is InChI=1S/C15H9N3O4/c1-9-10(8-16)11-4-2-3-7-17(11)14(9)15(19)12-5-6-13(22-12)18(20)21/h2-7H,1H3. The van der Waals surface area contributed by atoms with E-state index in [1.165, 1.54) is 6.07 Å². The number of aromatic nitrogens is 1. The molecule has 0 aliphatic heterocycles. The highest BCUT2D eigenvalue weighted by Gasteiger charge is 2.25. The highest BCUT2D eigenvalue weighted by atomic mass is 16.6. The van der Waals surface area contributed by atoms with E-state index in [-0.39, 0.29) is 11.5 Å². The molecule has 0 spiro atoms. The number of rotatable bonds is 3. The molecule has 0 saturated heterocycles. The van der Waals surface area contributed by atoms with Crippen molar-refractivity contribution in [1.82, 2.24) is 4.40 Å². The molecule has 7 nitrogen and oxygen atoms in total. The molecule has 22 heavy (non-hydrogen) atoms. The van der Waals surface area contributed by atoms with Crippen molar-refractivity contribution < 1.29 is 14.1 Å². The van der Waals surface area contributed by atoms with Crippen LogP contribution in [0.3, 0.4) is 0 Å². The van der Waals surface area contributed by atoms with Gasteiger partial charge in [0.05, 0.1) is 17.1 Å². The maximum absolute atomic E-state index is 12.6. The van der Waals surface area contributed by atoms with Crippen LogP contribution in [-0.4, -0.2) is 15.1 Å². The number of hydrogen-bond donors (Lipinski definition) is 0. The zero-order valence-corrected chi connectivity index (χ0v) is 11.4. The SMILES string of the molecule is Cc1c(C#N)c2ccccn2c1C(=O)c1ccc([N+](=O)[O-])o1. The summed E-state index contributed by atoms with van der Waals surface area (Å²) in [6.07, 6.45) is 1.66. The van der Waals surface area contributed by atoms with E-state index in [1.807, 2.05) is 0 Å². The topological polar surface area (TPSA) is 102 Å². The molecule has 3 rings (SSSR count). The average Bonchev–Trinajstić information content (AvgIpc) is 3.09. The molecule has 3 aromatic rings. The van der Waals surface area contributed by atoms with E-state index < -0.39 is 16.6 Å². The number of nitro groups is 1. The summed E-state index contributed by atoms with van der Waals surface area (Å²) in [4.78, 5) is 22.5. The number of carbonyl (C=O) groups is 1. The van der Waals surface area contributed by atoms with Gasteiger partial charge in [0.25, 0.3) is 0 Å². The molecule has 0 atom stereocenters. The summed E-state index contributed by atoms with van der Waals surface area (Å²) >= 11 is 0. The smallest absolute Gasteiger partial charge is 0.397 e. The molecule has 0 aliphatic carbocycles. The molecule has 0 amide bonds. The molecule has 0 unspecified atom stereocenters. The zero-order valence-electron chi connectivity index (χ0n) is 11.4. The van der Waals surface area contributed by atoms with Crippen LogP contribution < -0.4 is 0 Å². The minimum Gasteiger partial charge on any atom is -0.397 e. The van der Waals surface area contributed by atoms with E-state index in [9.17, 15) is 20.2 Å². The van der Waals surface area contributed by atoms with Gasteiger partial charge in [0.1, 0.15) is 16.7 Å². The minimum atomic E-state index is -0.708. The third kappa shape index (κ3) is 1.86. The molecule has 7 heteroatoms. The second-order valence-electron chi connectivity index (χ2n) is 4.64. The maximum Gasteiger partial charge on any atom is 0.433 e. The fourth-order valence-corrected chi connectivity index (χ4v) is 2.42. The van der Waals surface area contributed by atoms with Crippen molar-refractivity contribution >= 4 is 17.2 Å². The Morgan fingerprint density at radius 3 is 2.77 bits per heavy atom. The Hall–Kier alpha value is -3.40. The Morgan fingerprint density at radius 2 is 2.14 bits per heavy atom. The number of carbonyl (C=O) groups excluding carboxylic acids is 1. The third-order valence-corrected chi connectivity index (χ3v) is 3.41. The second kappa shape index (κ2) is 4.86. The molecular weight excluding hydrogens is 286 g/mol. The average molecular weight is 295 g/mol. The van der Waals surface area contributed by atoms with Gasteiger partial charge in [-0.1, -0.05) is 6.07 Å². The summed E-state index contributed by atoms with van der Waals surface area (Å²) in [5, 5.41) is 19.9. The van der Waals surface area contributed by atoms with Crippen molar-refractivity contribution in [3.05, 3.63) is 69.2 Å². The number of nitrogens with zero attached hydrogens (tertiary/aromatic N) is 3. The third-order valence-electron chi connectivity index (χ3n) is 3.41. The van der Waals surface area contributed by atoms with E-state index in [0.29, 0.717) is 16.6 Å². The number of fused-ring (bicyclic) bond motifs is 1. The number of hydrogen-bond acceptors (Lipinski definition) is 5. The lowest BCUT2D eigenvalue weighted by Gasteiger charge is -2.00. The first-order chi connectivity index (χ1) is 10.5. The van der Waals surface area contributed by atoms with Crippen LogP contribution in [0.2, 0.25) is 0 Å². The Morgan fingerprint density at radius 1 is 1.36 bits per heavy atom. The van der Waals surface area contributed by atoms with Crippen molar-refractivity contribution in [3.63, 3.8) is 0 Å². The first-order valence-corrected chi connectivity index (χ1v) is 6.33. The zero-order chi connectivity index (χ0) is 15.9. The summed E-state index contributed by atoms with van der Waals surface area (Å²) < 4.78 is 6.55. The van der Waals surface area contributed by atoms with E-state index in [4.69, 9.17) is 4.42 Å². The van der Waals surface area contributed by atoms with Gasteiger partial charge in [0.2, 0.25) is 5.78 Å². The van der Waals surface area contributed by atoms with E-state index in [1.54, 1.807) is 35.7 Å². The van der Waals surface area contributed by atoms with Gasteiger partial charge in [-0.25, -0.2) is 0 Å². The van der Waals surface area contributed by atoms with Gasteiger partial charge in [-0.3, -0.25) is 14.9 Å². The predicted octanol–water partition coefficient (Wildman–Crippen LogP) is 2.85. The molecule has 0 saturated carbocycles. The van der Waals surface area contributed by atoms with Crippen LogP contribution in [0.4, 0.5) is 5.88 Å². The van der Waals surface area contributed by atoms with E-state index in [0.717, 1.165) is 6.07 Å². The van der Waals surface area contributed by atoms with Crippen LogP contribution in [0.25, 0.3) is 5.52 Å². The molecule has 0 radical (unpaired) electrons. The summed E-state index contributed by atoms with van der Waals surface area (Å²) in [5.41, 5.74) is 1.77. The molecule has 3 aromatic heterocycles. The minimum absolute atomic E-state index is 0.137. The molecule has 0 aliphatic rings. The predicted molar refractivity (Wildman–Crippen MR) is 75.6 cm³/mol. The molecule has 3 heterocycles. The van der Waals surface area contributed by atoms with Gasteiger partial charge in [-0.05, 0) is 30.7 Å². The largest absolute Gasteiger partial charge is 0.433 e. The summed E-state index contributed by atoms with van der Waals surface area (Å²) in [6, 6.07) is 9.69. The van der Waals surface area contributed by atoms with Crippen LogP contribution in [-0.2, 0) is 0 Å². The van der Waals surface area contributed by atoms with Crippen molar-refractivity contribution in [2.75, 3.05) is 0 Å². The van der Waals surface area contributed by atoms with Crippen LogP contribution in [0, 0.1) is 28.4 Å². The van der Waals surface area contributed by atoms with Gasteiger partial charge in [-0.15, -0.1) is 0 Å². The molecule has 0 fully saturated rings. The highest BCUT2D eigenvalue weighted by Crippen LogP contribution is 2.26. The van der Waals surface area contributed by atoms with E-state index in [2.05, 4.69) is 6.07 Å². The molecule has 108 valence electrons. The Bertz CT molecular complexity index is 959. The monoisotopic (exact) mass is 295 g/mol. The Balaban J connectivity index is 2.21. The number of nitriles is 1. The summed E-state index contributed by atoms with van der Waals surface area (Å²) in [5.74, 6) is -1.14. The van der Waals surface area contributed by atoms with Crippen molar-refractivity contribution in [2.45, 2.75) is 6.92 Å². The van der Waals surface area contributed by atoms with Crippen molar-refractivity contribution in [3.8, 4) is 6.07 Å². The lowest BCUT2D eigenvalue weighted by atomic mass is 10.1. The van der Waals surface area contributed by atoms with Crippen LogP contribution in [0.5, 0.6) is 0 Å². The van der Waals surface area contributed by atoms with E-state index >= 15 is 0 Å². The molecular formula is C15H9N3O4. The van der Waals surface area contributed by atoms with Crippen molar-refractivity contribution in [2.24, 2.45) is 0 Å². The first kappa shape index (κ1) is 13.6. The summed E-state index contributed by atoms with van der Waals surface area (Å²) in [7, 11) is 0. The molecule has 0 bridgehead atoms. The summed E-state index contributed by atoms with van der Waals surface area (Å²) in [6.45, 7) is 1.66. The van der Waals surface area contributed by atoms with Gasteiger partial charge < -0.3 is 8.82 Å². The Labute approximate surface area is 124 Å². The maximum atomic E-state index is 12.6. The number of ketones is 1. The van der Waals surface area contributed by atoms with Crippen LogP contribution in [0.1, 0.15) is 27.4 Å². The first-order valence-electron chi connectivity index (χ1n) is 6.33. The fraction of sp³-hybridized carbons (Fsp3) is 0.0667. The van der Waals surface area contributed by atoms with Crippen LogP contribution >= 0.6 is 0 Å². The lowest BCUT2D eigenvalue weighted by Crippen LogP contribution is -2.05. The highest BCUT2D eigenvalue weighted by molar-refractivity contribution is 6.08. The quantitative estimate of drug-likeness (QED) is 0.420. The lowest BCUT2D eigenvalue weighted by molar-refractivity contribution is -0.402. The Kier molecular flexibility index (Phi) is 3.00. The molecule has 0 aromatic carbocycles.